The van der Waals surface area contributed by atoms with Crippen LogP contribution in [0, 0.1) is 0 Å². The van der Waals surface area contributed by atoms with Gasteiger partial charge in [0.25, 0.3) is 0 Å². The van der Waals surface area contributed by atoms with Gasteiger partial charge in [-0.15, -0.1) is 0 Å². The van der Waals surface area contributed by atoms with Gasteiger partial charge in [-0.05, 0) is 30.3 Å². The number of fused-ring (bicyclic) bond motifs is 1. The zero-order chi connectivity index (χ0) is 15.4. The van der Waals surface area contributed by atoms with Gasteiger partial charge in [-0.3, -0.25) is 4.79 Å². The van der Waals surface area contributed by atoms with E-state index in [9.17, 15) is 4.79 Å². The molecule has 1 amide bonds. The molecule has 5 heteroatoms. The maximum absolute atomic E-state index is 11.5. The third-order valence-electron chi connectivity index (χ3n) is 3.27. The predicted octanol–water partition coefficient (Wildman–Crippen LogP) is 3.72. The van der Waals surface area contributed by atoms with Crippen LogP contribution in [-0.4, -0.2) is 15.9 Å². The van der Waals surface area contributed by atoms with E-state index in [4.69, 9.17) is 0 Å². The van der Waals surface area contributed by atoms with Crippen LogP contribution in [0.1, 0.15) is 13.3 Å². The highest BCUT2D eigenvalue weighted by molar-refractivity contribution is 5.92. The highest BCUT2D eigenvalue weighted by Gasteiger charge is 2.04. The quantitative estimate of drug-likeness (QED) is 0.769. The number of nitrogens with zero attached hydrogens (tertiary/aromatic N) is 2. The number of carbonyl (C=O) groups is 1. The molecule has 3 aromatic rings. The van der Waals surface area contributed by atoms with Crippen LogP contribution in [0.3, 0.4) is 0 Å². The van der Waals surface area contributed by atoms with E-state index in [1.807, 2.05) is 55.5 Å². The van der Waals surface area contributed by atoms with Crippen LogP contribution in [-0.2, 0) is 4.79 Å². The average molecular weight is 292 g/mol. The van der Waals surface area contributed by atoms with Crippen molar-refractivity contribution in [3.05, 3.63) is 54.9 Å². The summed E-state index contributed by atoms with van der Waals surface area (Å²) >= 11 is 0. The molecule has 22 heavy (non-hydrogen) atoms. The topological polar surface area (TPSA) is 66.9 Å². The van der Waals surface area contributed by atoms with E-state index in [0.717, 1.165) is 28.1 Å². The van der Waals surface area contributed by atoms with E-state index in [2.05, 4.69) is 20.6 Å². The molecule has 0 aliphatic carbocycles. The van der Waals surface area contributed by atoms with Gasteiger partial charge in [0.05, 0.1) is 5.52 Å². The second kappa shape index (κ2) is 6.22. The molecule has 0 radical (unpaired) electrons. The fraction of sp³-hybridized carbons (Fsp3) is 0.118. The number of para-hydroxylation sites is 1. The summed E-state index contributed by atoms with van der Waals surface area (Å²) in [7, 11) is 0. The van der Waals surface area contributed by atoms with E-state index >= 15 is 0 Å². The lowest BCUT2D eigenvalue weighted by molar-refractivity contribution is -0.115. The summed E-state index contributed by atoms with van der Waals surface area (Å²) in [5.41, 5.74) is 2.50. The van der Waals surface area contributed by atoms with E-state index < -0.39 is 0 Å². The lowest BCUT2D eigenvalue weighted by atomic mass is 10.2. The summed E-state index contributed by atoms with van der Waals surface area (Å²) in [6.07, 6.45) is 1.99. The van der Waals surface area contributed by atoms with Crippen molar-refractivity contribution in [3.63, 3.8) is 0 Å². The van der Waals surface area contributed by atoms with Crippen LogP contribution in [0.25, 0.3) is 10.9 Å². The SMILES string of the molecule is CCC(=O)Nc1cccc(Nc2ncnc3ccccc23)c1. The zero-order valence-corrected chi connectivity index (χ0v) is 12.2. The third kappa shape index (κ3) is 3.03. The minimum atomic E-state index is -0.00960. The van der Waals surface area contributed by atoms with Crippen molar-refractivity contribution in [2.24, 2.45) is 0 Å². The minimum absolute atomic E-state index is 0.00960. The number of amides is 1. The molecule has 0 fully saturated rings. The van der Waals surface area contributed by atoms with Crippen LogP contribution < -0.4 is 10.6 Å². The Kier molecular flexibility index (Phi) is 3.96. The smallest absolute Gasteiger partial charge is 0.224 e. The van der Waals surface area contributed by atoms with Gasteiger partial charge in [0.1, 0.15) is 12.1 Å². The summed E-state index contributed by atoms with van der Waals surface area (Å²) in [4.78, 5) is 20.0. The van der Waals surface area contributed by atoms with E-state index in [0.29, 0.717) is 6.42 Å². The van der Waals surface area contributed by atoms with Crippen molar-refractivity contribution in [3.8, 4) is 0 Å². The number of benzene rings is 2. The molecule has 0 unspecified atom stereocenters. The van der Waals surface area contributed by atoms with Gasteiger partial charge in [0.15, 0.2) is 0 Å². The third-order valence-corrected chi connectivity index (χ3v) is 3.27. The average Bonchev–Trinajstić information content (AvgIpc) is 2.55. The molecule has 2 aromatic carbocycles. The maximum atomic E-state index is 11.5. The van der Waals surface area contributed by atoms with Crippen LogP contribution in [0.4, 0.5) is 17.2 Å². The maximum Gasteiger partial charge on any atom is 0.224 e. The molecule has 1 heterocycles. The number of hydrogen-bond donors (Lipinski definition) is 2. The fourth-order valence-electron chi connectivity index (χ4n) is 2.17. The lowest BCUT2D eigenvalue weighted by Gasteiger charge is -2.10. The molecule has 0 saturated heterocycles. The number of aromatic nitrogens is 2. The molecule has 110 valence electrons. The van der Waals surface area contributed by atoms with Crippen molar-refractivity contribution in [2.45, 2.75) is 13.3 Å². The molecule has 1 aromatic heterocycles. The summed E-state index contributed by atoms with van der Waals surface area (Å²) in [6, 6.07) is 15.4. The molecule has 0 spiro atoms. The first-order chi connectivity index (χ1) is 10.8. The van der Waals surface area contributed by atoms with Gasteiger partial charge in [-0.1, -0.05) is 25.1 Å². The Hall–Kier alpha value is -2.95. The van der Waals surface area contributed by atoms with Crippen molar-refractivity contribution in [2.75, 3.05) is 10.6 Å². The molecule has 3 rings (SSSR count). The Morgan fingerprint density at radius 3 is 2.73 bits per heavy atom. The number of rotatable bonds is 4. The van der Waals surface area contributed by atoms with Crippen molar-refractivity contribution in [1.82, 2.24) is 9.97 Å². The molecule has 5 nitrogen and oxygen atoms in total. The van der Waals surface area contributed by atoms with Crippen molar-refractivity contribution >= 4 is 34.0 Å². The van der Waals surface area contributed by atoms with Gasteiger partial charge < -0.3 is 10.6 Å². The van der Waals surface area contributed by atoms with Gasteiger partial charge in [0.2, 0.25) is 5.91 Å². The van der Waals surface area contributed by atoms with Crippen molar-refractivity contribution in [1.29, 1.82) is 0 Å². The molecular weight excluding hydrogens is 276 g/mol. The van der Waals surface area contributed by atoms with Crippen LogP contribution >= 0.6 is 0 Å². The number of carbonyl (C=O) groups excluding carboxylic acids is 1. The Morgan fingerprint density at radius 1 is 1.05 bits per heavy atom. The fourth-order valence-corrected chi connectivity index (χ4v) is 2.17. The first kappa shape index (κ1) is 14.0. The Labute approximate surface area is 128 Å². The largest absolute Gasteiger partial charge is 0.340 e. The Balaban J connectivity index is 1.89. The van der Waals surface area contributed by atoms with Crippen molar-refractivity contribution < 1.29 is 4.79 Å². The van der Waals surface area contributed by atoms with Crippen LogP contribution in [0.15, 0.2) is 54.9 Å². The molecule has 0 aliphatic heterocycles. The molecule has 0 aliphatic rings. The van der Waals surface area contributed by atoms with E-state index in [-0.39, 0.29) is 5.91 Å². The van der Waals surface area contributed by atoms with Gasteiger partial charge in [-0.25, -0.2) is 9.97 Å². The normalized spacial score (nSPS) is 10.4. The van der Waals surface area contributed by atoms with Gasteiger partial charge in [0, 0.05) is 23.2 Å². The summed E-state index contributed by atoms with van der Waals surface area (Å²) in [5.74, 6) is 0.731. The predicted molar refractivity (Wildman–Crippen MR) is 88.2 cm³/mol. The minimum Gasteiger partial charge on any atom is -0.340 e. The molecular formula is C17H16N4O. The second-order valence-corrected chi connectivity index (χ2v) is 4.85. The number of nitrogens with one attached hydrogen (secondary N) is 2. The summed E-state index contributed by atoms with van der Waals surface area (Å²) in [6.45, 7) is 1.82. The molecule has 0 atom stereocenters. The summed E-state index contributed by atoms with van der Waals surface area (Å²) in [5, 5.41) is 7.07. The van der Waals surface area contributed by atoms with Gasteiger partial charge >= 0.3 is 0 Å². The molecule has 0 bridgehead atoms. The Morgan fingerprint density at radius 2 is 1.86 bits per heavy atom. The number of anilines is 3. The second-order valence-electron chi connectivity index (χ2n) is 4.85. The first-order valence-electron chi connectivity index (χ1n) is 7.13. The first-order valence-corrected chi connectivity index (χ1v) is 7.13. The monoisotopic (exact) mass is 292 g/mol. The lowest BCUT2D eigenvalue weighted by Crippen LogP contribution is -2.09. The molecule has 2 N–H and O–H groups in total. The highest BCUT2D eigenvalue weighted by atomic mass is 16.1. The Bertz CT molecular complexity index is 811. The molecule has 0 saturated carbocycles. The highest BCUT2D eigenvalue weighted by Crippen LogP contribution is 2.24. The number of hydrogen-bond acceptors (Lipinski definition) is 4. The zero-order valence-electron chi connectivity index (χ0n) is 12.2. The van der Waals surface area contributed by atoms with Gasteiger partial charge in [-0.2, -0.15) is 0 Å². The van der Waals surface area contributed by atoms with E-state index in [1.165, 1.54) is 6.33 Å². The standard InChI is InChI=1S/C17H16N4O/c1-2-16(22)20-12-6-5-7-13(10-12)21-17-14-8-3-4-9-15(14)18-11-19-17/h3-11H,2H2,1H3,(H,20,22)(H,18,19,21). The summed E-state index contributed by atoms with van der Waals surface area (Å²) < 4.78 is 0. The van der Waals surface area contributed by atoms with Crippen LogP contribution in [0.2, 0.25) is 0 Å². The van der Waals surface area contributed by atoms with E-state index in [1.54, 1.807) is 0 Å². The van der Waals surface area contributed by atoms with Crippen LogP contribution in [0.5, 0.6) is 0 Å².